The molecule has 0 aliphatic rings. The number of rotatable bonds is 5. The van der Waals surface area contributed by atoms with Gasteiger partial charge in [0.15, 0.2) is 0 Å². The van der Waals surface area contributed by atoms with Crippen molar-refractivity contribution in [3.05, 3.63) is 59.1 Å². The smallest absolute Gasteiger partial charge is 0.244 e. The summed E-state index contributed by atoms with van der Waals surface area (Å²) in [7, 11) is 0. The average molecular weight is 342 g/mol. The lowest BCUT2D eigenvalue weighted by Crippen LogP contribution is -2.22. The van der Waals surface area contributed by atoms with Crippen molar-refractivity contribution in [1.29, 1.82) is 0 Å². The quantitative estimate of drug-likeness (QED) is 0.573. The van der Waals surface area contributed by atoms with E-state index in [1.165, 1.54) is 0 Å². The van der Waals surface area contributed by atoms with Crippen LogP contribution in [0.25, 0.3) is 11.0 Å². The van der Waals surface area contributed by atoms with Crippen molar-refractivity contribution in [1.82, 2.24) is 20.4 Å². The second-order valence-corrected chi connectivity index (χ2v) is 5.86. The van der Waals surface area contributed by atoms with E-state index < -0.39 is 0 Å². The van der Waals surface area contributed by atoms with Crippen molar-refractivity contribution >= 4 is 34.3 Å². The molecule has 0 unspecified atom stereocenters. The van der Waals surface area contributed by atoms with E-state index in [2.05, 4.69) is 20.8 Å². The molecule has 0 aliphatic carbocycles. The van der Waals surface area contributed by atoms with Gasteiger partial charge in [0.25, 0.3) is 0 Å². The number of carbonyl (C=O) groups is 1. The molecule has 1 N–H and O–H groups in total. The van der Waals surface area contributed by atoms with Crippen LogP contribution in [0.4, 0.5) is 0 Å². The molecule has 0 spiro atoms. The third kappa shape index (κ3) is 3.97. The fourth-order valence-electron chi connectivity index (χ4n) is 2.27. The fourth-order valence-corrected chi connectivity index (χ4v) is 2.40. The predicted octanol–water partition coefficient (Wildman–Crippen LogP) is 2.82. The van der Waals surface area contributed by atoms with Crippen LogP contribution in [0.5, 0.6) is 0 Å². The lowest BCUT2D eigenvalue weighted by Gasteiger charge is -2.04. The van der Waals surface area contributed by atoms with Gasteiger partial charge in [-0.3, -0.25) is 4.79 Å². The summed E-state index contributed by atoms with van der Waals surface area (Å²) in [6, 6.07) is 14.9. The summed E-state index contributed by atoms with van der Waals surface area (Å²) < 4.78 is 1.75. The number of amides is 1. The third-order valence-corrected chi connectivity index (χ3v) is 3.70. The number of carbonyl (C=O) groups excluding carboxylic acids is 1. The maximum Gasteiger partial charge on any atom is 0.244 e. The van der Waals surface area contributed by atoms with Crippen LogP contribution in [0.3, 0.4) is 0 Å². The molecule has 3 rings (SSSR count). The van der Waals surface area contributed by atoms with Gasteiger partial charge < -0.3 is 0 Å². The van der Waals surface area contributed by atoms with Gasteiger partial charge in [-0.25, -0.2) is 10.1 Å². The summed E-state index contributed by atoms with van der Waals surface area (Å²) in [4.78, 5) is 11.9. The van der Waals surface area contributed by atoms with Gasteiger partial charge in [-0.05, 0) is 36.8 Å². The van der Waals surface area contributed by atoms with Crippen molar-refractivity contribution in [2.75, 3.05) is 0 Å². The van der Waals surface area contributed by atoms with E-state index in [0.29, 0.717) is 11.6 Å². The highest BCUT2D eigenvalue weighted by molar-refractivity contribution is 6.30. The lowest BCUT2D eigenvalue weighted by atomic mass is 10.1. The number of para-hydroxylation sites is 1. The number of hydrazone groups is 1. The number of nitrogens with one attached hydrogen (secondary N) is 1. The van der Waals surface area contributed by atoms with E-state index in [1.807, 2.05) is 43.3 Å². The monoisotopic (exact) mass is 341 g/mol. The van der Waals surface area contributed by atoms with E-state index in [-0.39, 0.29) is 12.3 Å². The molecule has 1 heterocycles. The van der Waals surface area contributed by atoms with Gasteiger partial charge in [0, 0.05) is 5.02 Å². The molecular weight excluding hydrogens is 326 g/mol. The van der Waals surface area contributed by atoms with E-state index in [0.717, 1.165) is 22.3 Å². The Morgan fingerprint density at radius 2 is 1.96 bits per heavy atom. The number of benzene rings is 2. The second kappa shape index (κ2) is 7.23. The maximum absolute atomic E-state index is 11.9. The van der Waals surface area contributed by atoms with Crippen LogP contribution in [-0.2, 0) is 17.8 Å². The van der Waals surface area contributed by atoms with Crippen LogP contribution >= 0.6 is 11.6 Å². The van der Waals surface area contributed by atoms with Crippen molar-refractivity contribution < 1.29 is 4.79 Å². The molecule has 0 saturated carbocycles. The van der Waals surface area contributed by atoms with Crippen molar-refractivity contribution in [3.8, 4) is 0 Å². The van der Waals surface area contributed by atoms with Gasteiger partial charge in [0.2, 0.25) is 5.91 Å². The Morgan fingerprint density at radius 3 is 2.75 bits per heavy atom. The Bertz CT molecular complexity index is 885. The van der Waals surface area contributed by atoms with E-state index in [4.69, 9.17) is 11.6 Å². The van der Waals surface area contributed by atoms with E-state index in [1.54, 1.807) is 16.8 Å². The number of nitrogens with zero attached hydrogens (tertiary/aromatic N) is 4. The zero-order chi connectivity index (χ0) is 16.9. The van der Waals surface area contributed by atoms with Crippen LogP contribution in [0, 0.1) is 0 Å². The van der Waals surface area contributed by atoms with Gasteiger partial charge in [0.05, 0.1) is 24.2 Å². The first-order chi connectivity index (χ1) is 11.6. The van der Waals surface area contributed by atoms with Gasteiger partial charge in [-0.2, -0.15) is 5.10 Å². The van der Waals surface area contributed by atoms with Crippen molar-refractivity contribution in [2.45, 2.75) is 19.9 Å². The molecule has 0 aliphatic heterocycles. The molecule has 0 fully saturated rings. The second-order valence-electron chi connectivity index (χ2n) is 5.42. The Morgan fingerprint density at radius 1 is 1.21 bits per heavy atom. The molecule has 1 aromatic heterocycles. The molecule has 1 amide bonds. The van der Waals surface area contributed by atoms with Crippen molar-refractivity contribution in [3.63, 3.8) is 0 Å². The maximum atomic E-state index is 11.9. The molecule has 0 radical (unpaired) electrons. The first-order valence-corrected chi connectivity index (χ1v) is 7.84. The zero-order valence-electron chi connectivity index (χ0n) is 13.1. The third-order valence-electron chi connectivity index (χ3n) is 3.45. The average Bonchev–Trinajstić information content (AvgIpc) is 2.98. The van der Waals surface area contributed by atoms with Crippen LogP contribution < -0.4 is 5.43 Å². The molecule has 7 heteroatoms. The van der Waals surface area contributed by atoms with Crippen LogP contribution in [0.1, 0.15) is 12.5 Å². The molecule has 0 atom stereocenters. The van der Waals surface area contributed by atoms with Crippen LogP contribution in [0.2, 0.25) is 5.02 Å². The highest BCUT2D eigenvalue weighted by Gasteiger charge is 2.06. The Labute approximate surface area is 144 Å². The Kier molecular flexibility index (Phi) is 4.86. The highest BCUT2D eigenvalue weighted by Crippen LogP contribution is 2.10. The molecule has 0 saturated heterocycles. The van der Waals surface area contributed by atoms with Gasteiger partial charge in [0.1, 0.15) is 5.52 Å². The normalized spacial score (nSPS) is 11.7. The Balaban J connectivity index is 1.59. The molecule has 24 heavy (non-hydrogen) atoms. The standard InChI is InChI=1S/C17H16ClN5O/c1-12(11-23-16-5-3-2-4-15(16)20-22-23)19-21-17(24)10-13-6-8-14(18)9-7-13/h2-9H,10-11H2,1H3,(H,21,24). The van der Waals surface area contributed by atoms with Gasteiger partial charge in [-0.1, -0.05) is 41.1 Å². The lowest BCUT2D eigenvalue weighted by molar-refractivity contribution is -0.120. The van der Waals surface area contributed by atoms with Gasteiger partial charge in [-0.15, -0.1) is 5.10 Å². The largest absolute Gasteiger partial charge is 0.273 e. The highest BCUT2D eigenvalue weighted by atomic mass is 35.5. The summed E-state index contributed by atoms with van der Waals surface area (Å²) in [5, 5.41) is 13.0. The summed E-state index contributed by atoms with van der Waals surface area (Å²) in [6.45, 7) is 2.29. The number of fused-ring (bicyclic) bond motifs is 1. The first kappa shape index (κ1) is 16.1. The summed E-state index contributed by atoms with van der Waals surface area (Å²) in [6.07, 6.45) is 0.250. The SMILES string of the molecule is CC(Cn1nnc2ccccc21)=NNC(=O)Cc1ccc(Cl)cc1. The molecule has 122 valence electrons. The number of aromatic nitrogens is 3. The summed E-state index contributed by atoms with van der Waals surface area (Å²) >= 11 is 5.82. The minimum absolute atomic E-state index is 0.180. The van der Waals surface area contributed by atoms with E-state index in [9.17, 15) is 4.79 Å². The summed E-state index contributed by atoms with van der Waals surface area (Å²) in [5.74, 6) is -0.180. The fraction of sp³-hybridized carbons (Fsp3) is 0.176. The van der Waals surface area contributed by atoms with Crippen molar-refractivity contribution in [2.24, 2.45) is 5.10 Å². The topological polar surface area (TPSA) is 72.2 Å². The minimum Gasteiger partial charge on any atom is -0.273 e. The summed E-state index contributed by atoms with van der Waals surface area (Å²) in [5.41, 5.74) is 5.93. The first-order valence-electron chi connectivity index (χ1n) is 7.46. The predicted molar refractivity (Wildman–Crippen MR) is 93.9 cm³/mol. The molecule has 0 bridgehead atoms. The van der Waals surface area contributed by atoms with Crippen LogP contribution in [0.15, 0.2) is 53.6 Å². The molecule has 3 aromatic rings. The van der Waals surface area contributed by atoms with E-state index >= 15 is 0 Å². The number of halogens is 1. The zero-order valence-corrected chi connectivity index (χ0v) is 13.9. The van der Waals surface area contributed by atoms with Gasteiger partial charge >= 0.3 is 0 Å². The molecule has 2 aromatic carbocycles. The Hall–Kier alpha value is -2.73. The molecular formula is C17H16ClN5O. The number of hydrogen-bond acceptors (Lipinski definition) is 4. The number of hydrogen-bond donors (Lipinski definition) is 1. The minimum atomic E-state index is -0.180. The molecule has 6 nitrogen and oxygen atoms in total. The van der Waals surface area contributed by atoms with Crippen LogP contribution in [-0.4, -0.2) is 26.6 Å².